The van der Waals surface area contributed by atoms with E-state index in [4.69, 9.17) is 4.74 Å². The van der Waals surface area contributed by atoms with Gasteiger partial charge >= 0.3 is 0 Å². The van der Waals surface area contributed by atoms with Crippen molar-refractivity contribution in [3.05, 3.63) is 11.6 Å². The van der Waals surface area contributed by atoms with Crippen LogP contribution in [-0.2, 0) is 4.74 Å². The van der Waals surface area contributed by atoms with Crippen molar-refractivity contribution in [3.63, 3.8) is 0 Å². The molecule has 3 fully saturated rings. The van der Waals surface area contributed by atoms with E-state index in [-0.39, 0.29) is 0 Å². The summed E-state index contributed by atoms with van der Waals surface area (Å²) >= 11 is 0. The van der Waals surface area contributed by atoms with Gasteiger partial charge in [-0.05, 0) is 58.0 Å². The Morgan fingerprint density at radius 1 is 0.905 bits per heavy atom. The summed E-state index contributed by atoms with van der Waals surface area (Å²) in [4.78, 5) is 2.68. The molecule has 118 valence electrons. The van der Waals surface area contributed by atoms with Crippen molar-refractivity contribution in [2.45, 2.75) is 76.4 Å². The smallest absolute Gasteiger partial charge is 0.0771 e. The van der Waals surface area contributed by atoms with E-state index in [9.17, 15) is 0 Å². The molecule has 2 saturated heterocycles. The molecule has 1 saturated carbocycles. The van der Waals surface area contributed by atoms with Gasteiger partial charge in [-0.15, -0.1) is 0 Å². The molecule has 21 heavy (non-hydrogen) atoms. The number of hydrogen-bond acceptors (Lipinski definition) is 2. The van der Waals surface area contributed by atoms with Crippen LogP contribution < -0.4 is 0 Å². The van der Waals surface area contributed by atoms with E-state index in [2.05, 4.69) is 11.0 Å². The van der Waals surface area contributed by atoms with Crippen molar-refractivity contribution >= 4 is 0 Å². The molecular weight excluding hydrogens is 258 g/mol. The highest BCUT2D eigenvalue weighted by atomic mass is 16.5. The monoisotopic (exact) mass is 289 g/mol. The third-order valence-corrected chi connectivity index (χ3v) is 6.34. The van der Waals surface area contributed by atoms with Gasteiger partial charge in [-0.25, -0.2) is 0 Å². The number of nitrogens with zero attached hydrogens (tertiary/aromatic N) is 1. The maximum absolute atomic E-state index is 6.68. The first-order valence-electron chi connectivity index (χ1n) is 9.49. The van der Waals surface area contributed by atoms with Crippen LogP contribution in [0.1, 0.15) is 64.2 Å². The number of likely N-dealkylation sites (tertiary alicyclic amines) is 1. The van der Waals surface area contributed by atoms with E-state index in [0.29, 0.717) is 12.2 Å². The van der Waals surface area contributed by atoms with Gasteiger partial charge in [-0.1, -0.05) is 30.9 Å². The van der Waals surface area contributed by atoms with Crippen molar-refractivity contribution < 1.29 is 4.74 Å². The normalized spacial score (nSPS) is 41.0. The van der Waals surface area contributed by atoms with Crippen LogP contribution in [0, 0.1) is 11.8 Å². The Labute approximate surface area is 129 Å². The first kappa shape index (κ1) is 14.3. The van der Waals surface area contributed by atoms with Crippen LogP contribution >= 0.6 is 0 Å². The molecular formula is C19H31NO. The summed E-state index contributed by atoms with van der Waals surface area (Å²) in [5.41, 5.74) is 1.82. The van der Waals surface area contributed by atoms with E-state index in [1.807, 2.05) is 5.57 Å². The van der Waals surface area contributed by atoms with Crippen molar-refractivity contribution in [1.29, 1.82) is 0 Å². The molecule has 2 aliphatic heterocycles. The lowest BCUT2D eigenvalue weighted by Crippen LogP contribution is -2.50. The lowest BCUT2D eigenvalue weighted by molar-refractivity contribution is -0.114. The molecule has 4 rings (SSSR count). The predicted octanol–water partition coefficient (Wildman–Crippen LogP) is 4.16. The molecule has 0 N–H and O–H groups in total. The standard InChI is InChI=1S/C19H31NO/c1-6-12-20(13-7-1)14-19-17-10-3-2-8-15(17)16-9-4-5-11-18(16)21-19/h8,16-19H,1-7,9-14H2/t16-,17-,18+,19-/m1/s1. The summed E-state index contributed by atoms with van der Waals surface area (Å²) in [5, 5.41) is 0. The van der Waals surface area contributed by atoms with E-state index in [0.717, 1.165) is 11.8 Å². The van der Waals surface area contributed by atoms with Crippen LogP contribution in [0.15, 0.2) is 11.6 Å². The highest BCUT2D eigenvalue weighted by Gasteiger charge is 2.43. The summed E-state index contributed by atoms with van der Waals surface area (Å²) in [6.07, 6.45) is 17.5. The second-order valence-corrected chi connectivity index (χ2v) is 7.71. The lowest BCUT2D eigenvalue weighted by Gasteiger charge is -2.48. The zero-order valence-corrected chi connectivity index (χ0v) is 13.4. The summed E-state index contributed by atoms with van der Waals surface area (Å²) in [6.45, 7) is 3.81. The van der Waals surface area contributed by atoms with E-state index in [1.54, 1.807) is 0 Å². The molecule has 4 atom stereocenters. The topological polar surface area (TPSA) is 12.5 Å². The third-order valence-electron chi connectivity index (χ3n) is 6.34. The molecule has 0 aromatic rings. The first-order chi connectivity index (χ1) is 10.4. The Balaban J connectivity index is 1.50. The summed E-state index contributed by atoms with van der Waals surface area (Å²) in [6, 6.07) is 0. The maximum Gasteiger partial charge on any atom is 0.0771 e. The maximum atomic E-state index is 6.68. The van der Waals surface area contributed by atoms with E-state index >= 15 is 0 Å². The third kappa shape index (κ3) is 2.94. The van der Waals surface area contributed by atoms with Crippen LogP contribution in [0.4, 0.5) is 0 Å². The Kier molecular flexibility index (Phi) is 4.36. The first-order valence-corrected chi connectivity index (χ1v) is 9.49. The van der Waals surface area contributed by atoms with Crippen LogP contribution in [0.25, 0.3) is 0 Å². The van der Waals surface area contributed by atoms with Crippen LogP contribution in [-0.4, -0.2) is 36.7 Å². The quantitative estimate of drug-likeness (QED) is 0.708. The van der Waals surface area contributed by atoms with Gasteiger partial charge in [-0.3, -0.25) is 0 Å². The summed E-state index contributed by atoms with van der Waals surface area (Å²) in [5.74, 6) is 1.53. The number of fused-ring (bicyclic) bond motifs is 3. The van der Waals surface area contributed by atoms with Crippen LogP contribution in [0.3, 0.4) is 0 Å². The molecule has 0 unspecified atom stereocenters. The Bertz CT molecular complexity index is 383. The van der Waals surface area contributed by atoms with Crippen molar-refractivity contribution in [2.24, 2.45) is 11.8 Å². The molecule has 0 spiro atoms. The molecule has 0 amide bonds. The van der Waals surface area contributed by atoms with Crippen molar-refractivity contribution in [1.82, 2.24) is 4.90 Å². The molecule has 2 nitrogen and oxygen atoms in total. The van der Waals surface area contributed by atoms with Gasteiger partial charge in [-0.2, -0.15) is 0 Å². The van der Waals surface area contributed by atoms with Gasteiger partial charge in [0, 0.05) is 18.4 Å². The van der Waals surface area contributed by atoms with E-state index < -0.39 is 0 Å². The summed E-state index contributed by atoms with van der Waals surface area (Å²) in [7, 11) is 0. The average Bonchev–Trinajstić information content (AvgIpc) is 2.56. The van der Waals surface area contributed by atoms with Gasteiger partial charge in [0.1, 0.15) is 0 Å². The predicted molar refractivity (Wildman–Crippen MR) is 86.3 cm³/mol. The van der Waals surface area contributed by atoms with Gasteiger partial charge < -0.3 is 9.64 Å². The van der Waals surface area contributed by atoms with Gasteiger partial charge in [0.2, 0.25) is 0 Å². The van der Waals surface area contributed by atoms with Crippen molar-refractivity contribution in [3.8, 4) is 0 Å². The van der Waals surface area contributed by atoms with Crippen LogP contribution in [0.5, 0.6) is 0 Å². The zero-order valence-electron chi connectivity index (χ0n) is 13.4. The fourth-order valence-electron chi connectivity index (χ4n) is 5.28. The molecule has 0 bridgehead atoms. The number of ether oxygens (including phenoxy) is 1. The zero-order chi connectivity index (χ0) is 14.1. The lowest BCUT2D eigenvalue weighted by atomic mass is 9.69. The second-order valence-electron chi connectivity index (χ2n) is 7.71. The van der Waals surface area contributed by atoms with E-state index in [1.165, 1.54) is 83.8 Å². The molecule has 0 aromatic carbocycles. The highest BCUT2D eigenvalue weighted by molar-refractivity contribution is 5.20. The minimum absolute atomic E-state index is 0.494. The van der Waals surface area contributed by atoms with Crippen LogP contribution in [0.2, 0.25) is 0 Å². The van der Waals surface area contributed by atoms with Crippen molar-refractivity contribution in [2.75, 3.05) is 19.6 Å². The molecule has 0 aromatic heterocycles. The Morgan fingerprint density at radius 2 is 1.71 bits per heavy atom. The fourth-order valence-corrected chi connectivity index (χ4v) is 5.28. The highest BCUT2D eigenvalue weighted by Crippen LogP contribution is 2.46. The summed E-state index contributed by atoms with van der Waals surface area (Å²) < 4.78 is 6.68. The fraction of sp³-hybridized carbons (Fsp3) is 0.895. The number of allylic oxidation sites excluding steroid dienone is 1. The second kappa shape index (κ2) is 6.42. The average molecular weight is 289 g/mol. The number of hydrogen-bond donors (Lipinski definition) is 0. The van der Waals surface area contributed by atoms with Gasteiger partial charge in [0.25, 0.3) is 0 Å². The number of piperidine rings is 1. The minimum Gasteiger partial charge on any atom is -0.372 e. The van der Waals surface area contributed by atoms with Gasteiger partial charge in [0.05, 0.1) is 12.2 Å². The molecule has 0 radical (unpaired) electrons. The number of rotatable bonds is 2. The molecule has 4 aliphatic rings. The largest absolute Gasteiger partial charge is 0.372 e. The molecule has 2 aliphatic carbocycles. The molecule has 2 heteroatoms. The minimum atomic E-state index is 0.494. The molecule has 2 heterocycles. The van der Waals surface area contributed by atoms with Gasteiger partial charge in [0.15, 0.2) is 0 Å². The SMILES string of the molecule is C1=C2[C@H]3CCCC[C@@H]3O[C@H](CN3CCCCC3)[C@@H]2CCC1. The Hall–Kier alpha value is -0.340. The Morgan fingerprint density at radius 3 is 2.62 bits per heavy atom.